The van der Waals surface area contributed by atoms with E-state index in [1.165, 1.54) is 0 Å². The van der Waals surface area contributed by atoms with E-state index in [1.54, 1.807) is 6.20 Å². The molecule has 0 unspecified atom stereocenters. The van der Waals surface area contributed by atoms with Crippen molar-refractivity contribution in [2.45, 2.75) is 33.0 Å². The van der Waals surface area contributed by atoms with Crippen LogP contribution >= 0.6 is 0 Å². The van der Waals surface area contributed by atoms with Crippen molar-refractivity contribution < 1.29 is 4.74 Å². The third kappa shape index (κ3) is 3.41. The molecule has 4 aromatic heterocycles. The lowest BCUT2D eigenvalue weighted by Crippen LogP contribution is -2.45. The van der Waals surface area contributed by atoms with Crippen LogP contribution < -0.4 is 4.90 Å². The van der Waals surface area contributed by atoms with Gasteiger partial charge in [-0.25, -0.2) is 15.0 Å². The number of pyridine rings is 3. The van der Waals surface area contributed by atoms with Gasteiger partial charge in [-0.2, -0.15) is 0 Å². The van der Waals surface area contributed by atoms with Crippen LogP contribution in [-0.2, 0) is 4.74 Å². The third-order valence-electron chi connectivity index (χ3n) is 5.33. The van der Waals surface area contributed by atoms with Gasteiger partial charge in [0.2, 0.25) is 0 Å². The highest BCUT2D eigenvalue weighted by Crippen LogP contribution is 2.28. The first-order chi connectivity index (χ1) is 14.6. The summed E-state index contributed by atoms with van der Waals surface area (Å²) in [6.07, 6.45) is 7.72. The SMILES string of the molecule is Cc1ccc(-n2c(-c3ccc(N4C[C@@H](C)O[C@@H](C)C4)nc3)nc3ccncc32)nc1. The molecule has 1 fully saturated rings. The minimum absolute atomic E-state index is 0.194. The predicted octanol–water partition coefficient (Wildman–Crippen LogP) is 3.80. The van der Waals surface area contributed by atoms with Crippen molar-refractivity contribution in [3.63, 3.8) is 0 Å². The molecule has 152 valence electrons. The van der Waals surface area contributed by atoms with Crippen LogP contribution in [0.1, 0.15) is 19.4 Å². The number of aryl methyl sites for hydroxylation is 1. The molecule has 4 aromatic rings. The van der Waals surface area contributed by atoms with Crippen LogP contribution in [0.2, 0.25) is 0 Å². The molecule has 5 heterocycles. The van der Waals surface area contributed by atoms with Crippen LogP contribution in [0.15, 0.2) is 55.1 Å². The summed E-state index contributed by atoms with van der Waals surface area (Å²) in [7, 11) is 0. The normalized spacial score (nSPS) is 19.4. The number of nitrogens with zero attached hydrogens (tertiary/aromatic N) is 6. The van der Waals surface area contributed by atoms with Gasteiger partial charge >= 0.3 is 0 Å². The second kappa shape index (κ2) is 7.50. The summed E-state index contributed by atoms with van der Waals surface area (Å²) < 4.78 is 7.88. The molecule has 2 atom stereocenters. The van der Waals surface area contributed by atoms with Gasteiger partial charge in [-0.3, -0.25) is 9.55 Å². The van der Waals surface area contributed by atoms with Gasteiger partial charge in [0.25, 0.3) is 0 Å². The first kappa shape index (κ1) is 18.7. The first-order valence-corrected chi connectivity index (χ1v) is 10.2. The van der Waals surface area contributed by atoms with E-state index in [4.69, 9.17) is 14.7 Å². The topological polar surface area (TPSA) is 69.0 Å². The Morgan fingerprint density at radius 1 is 0.900 bits per heavy atom. The molecule has 0 N–H and O–H groups in total. The maximum atomic E-state index is 5.84. The number of hydrogen-bond acceptors (Lipinski definition) is 6. The van der Waals surface area contributed by atoms with Gasteiger partial charge in [0.15, 0.2) is 0 Å². The lowest BCUT2D eigenvalue weighted by atomic mass is 10.2. The van der Waals surface area contributed by atoms with E-state index in [0.717, 1.165) is 52.7 Å². The summed E-state index contributed by atoms with van der Waals surface area (Å²) in [5, 5.41) is 0. The maximum Gasteiger partial charge on any atom is 0.148 e. The fourth-order valence-corrected chi connectivity index (χ4v) is 4.01. The molecule has 0 spiro atoms. The molecule has 1 aliphatic rings. The van der Waals surface area contributed by atoms with Gasteiger partial charge in [0, 0.05) is 37.2 Å². The second-order valence-electron chi connectivity index (χ2n) is 7.90. The molecule has 1 aliphatic heterocycles. The zero-order valence-corrected chi connectivity index (χ0v) is 17.4. The smallest absolute Gasteiger partial charge is 0.148 e. The van der Waals surface area contributed by atoms with Crippen LogP contribution in [0.3, 0.4) is 0 Å². The van der Waals surface area contributed by atoms with Gasteiger partial charge in [0.1, 0.15) is 17.5 Å². The highest BCUT2D eigenvalue weighted by Gasteiger charge is 2.23. The standard InChI is InChI=1S/C23H24N6O/c1-15-4-6-22(25-10-15)29-20-12-24-9-8-19(20)27-23(29)18-5-7-21(26-11-18)28-13-16(2)30-17(3)14-28/h4-12,16-17H,13-14H2,1-3H3/t16-,17+. The lowest BCUT2D eigenvalue weighted by Gasteiger charge is -2.36. The Bertz CT molecular complexity index is 1160. The van der Waals surface area contributed by atoms with Crippen LogP contribution in [0.5, 0.6) is 0 Å². The molecule has 7 heteroatoms. The molecule has 0 bridgehead atoms. The molecule has 0 aliphatic carbocycles. The van der Waals surface area contributed by atoms with Crippen molar-refractivity contribution in [3.05, 3.63) is 60.7 Å². The van der Waals surface area contributed by atoms with Crippen LogP contribution in [-0.4, -0.2) is 49.8 Å². The van der Waals surface area contributed by atoms with Gasteiger partial charge in [-0.15, -0.1) is 0 Å². The number of ether oxygens (including phenoxy) is 1. The van der Waals surface area contributed by atoms with E-state index < -0.39 is 0 Å². The number of rotatable bonds is 3. The fraction of sp³-hybridized carbons (Fsp3) is 0.304. The van der Waals surface area contributed by atoms with Crippen molar-refractivity contribution in [2.24, 2.45) is 0 Å². The molecule has 1 saturated heterocycles. The maximum absolute atomic E-state index is 5.84. The second-order valence-corrected chi connectivity index (χ2v) is 7.90. The highest BCUT2D eigenvalue weighted by molar-refractivity contribution is 5.82. The van der Waals surface area contributed by atoms with Crippen molar-refractivity contribution in [2.75, 3.05) is 18.0 Å². The number of imidazole rings is 1. The molecular formula is C23H24N6O. The Labute approximate surface area is 175 Å². The van der Waals surface area contributed by atoms with Crippen LogP contribution in [0.25, 0.3) is 28.2 Å². The van der Waals surface area contributed by atoms with E-state index in [2.05, 4.69) is 46.9 Å². The van der Waals surface area contributed by atoms with Gasteiger partial charge < -0.3 is 9.64 Å². The van der Waals surface area contributed by atoms with E-state index >= 15 is 0 Å². The van der Waals surface area contributed by atoms with E-state index in [-0.39, 0.29) is 12.2 Å². The Morgan fingerprint density at radius 3 is 2.37 bits per heavy atom. The summed E-state index contributed by atoms with van der Waals surface area (Å²) in [5.41, 5.74) is 3.85. The lowest BCUT2D eigenvalue weighted by molar-refractivity contribution is -0.00545. The van der Waals surface area contributed by atoms with Crippen LogP contribution in [0.4, 0.5) is 5.82 Å². The summed E-state index contributed by atoms with van der Waals surface area (Å²) in [4.78, 5) is 20.8. The van der Waals surface area contributed by atoms with Gasteiger partial charge in [0.05, 0.1) is 29.4 Å². The number of anilines is 1. The Kier molecular flexibility index (Phi) is 4.67. The Balaban J connectivity index is 1.56. The third-order valence-corrected chi connectivity index (χ3v) is 5.33. The minimum Gasteiger partial charge on any atom is -0.372 e. The summed E-state index contributed by atoms with van der Waals surface area (Å²) in [6.45, 7) is 7.91. The van der Waals surface area contributed by atoms with E-state index in [9.17, 15) is 0 Å². The monoisotopic (exact) mass is 400 g/mol. The first-order valence-electron chi connectivity index (χ1n) is 10.2. The minimum atomic E-state index is 0.194. The predicted molar refractivity (Wildman–Crippen MR) is 117 cm³/mol. The summed E-state index contributed by atoms with van der Waals surface area (Å²) >= 11 is 0. The Morgan fingerprint density at radius 2 is 1.67 bits per heavy atom. The Hall–Kier alpha value is -3.32. The molecule has 0 amide bonds. The zero-order chi connectivity index (χ0) is 20.7. The van der Waals surface area contributed by atoms with Crippen molar-refractivity contribution in [1.29, 1.82) is 0 Å². The van der Waals surface area contributed by atoms with Gasteiger partial charge in [-0.1, -0.05) is 6.07 Å². The van der Waals surface area contributed by atoms with Gasteiger partial charge in [-0.05, 0) is 50.6 Å². The molecule has 0 saturated carbocycles. The summed E-state index contributed by atoms with van der Waals surface area (Å²) in [6, 6.07) is 10.1. The van der Waals surface area contributed by atoms with Crippen LogP contribution in [0, 0.1) is 6.92 Å². The number of fused-ring (bicyclic) bond motifs is 1. The molecular weight excluding hydrogens is 376 g/mol. The van der Waals surface area contributed by atoms with Crippen molar-refractivity contribution >= 4 is 16.9 Å². The number of hydrogen-bond donors (Lipinski definition) is 0. The number of morpholine rings is 1. The van der Waals surface area contributed by atoms with E-state index in [0.29, 0.717) is 0 Å². The number of aromatic nitrogens is 5. The fourth-order valence-electron chi connectivity index (χ4n) is 4.01. The molecule has 5 rings (SSSR count). The zero-order valence-electron chi connectivity index (χ0n) is 17.4. The van der Waals surface area contributed by atoms with Crippen molar-refractivity contribution in [3.8, 4) is 17.2 Å². The van der Waals surface area contributed by atoms with E-state index in [1.807, 2.05) is 42.2 Å². The molecule has 30 heavy (non-hydrogen) atoms. The summed E-state index contributed by atoms with van der Waals surface area (Å²) in [5.74, 6) is 2.57. The largest absolute Gasteiger partial charge is 0.372 e. The quantitative estimate of drug-likeness (QED) is 0.521. The average molecular weight is 400 g/mol. The molecule has 0 aromatic carbocycles. The van der Waals surface area contributed by atoms with Crippen molar-refractivity contribution in [1.82, 2.24) is 24.5 Å². The highest BCUT2D eigenvalue weighted by atomic mass is 16.5. The molecule has 0 radical (unpaired) electrons. The average Bonchev–Trinajstić information content (AvgIpc) is 3.13. The molecule has 7 nitrogen and oxygen atoms in total.